The van der Waals surface area contributed by atoms with E-state index in [2.05, 4.69) is 29.1 Å². The summed E-state index contributed by atoms with van der Waals surface area (Å²) in [7, 11) is 0. The molecule has 0 spiro atoms. The Morgan fingerprint density at radius 1 is 1.15 bits per heavy atom. The predicted molar refractivity (Wildman–Crippen MR) is 126 cm³/mol. The van der Waals surface area contributed by atoms with Gasteiger partial charge in [-0.3, -0.25) is 4.79 Å². The van der Waals surface area contributed by atoms with Gasteiger partial charge in [0, 0.05) is 12.0 Å². The number of nitriles is 1. The molecule has 6 nitrogen and oxygen atoms in total. The van der Waals surface area contributed by atoms with E-state index in [0.29, 0.717) is 17.7 Å². The average Bonchev–Trinajstić information content (AvgIpc) is 3.16. The molecule has 178 valence electrons. The zero-order valence-corrected chi connectivity index (χ0v) is 20.1. The topological polar surface area (TPSA) is 98.9 Å². The molecule has 8 atom stereocenters. The standard InChI is InChI=1S/C27H38N4O2/c1-3-10-27(33)12-9-19-17(14-27)4-5-21-20(19)8-11-26(2)22(21)6-7-23(26)25(32)31-24-13-18(15-28)29-16-30-24/h13,16-17,19-23,33H,3-12,14H2,1-2H3,(H,29,30,31,32)/t17-,19+,20-,21-,22+,23-,26+,27-/m1/s1. The van der Waals surface area contributed by atoms with Crippen LogP contribution in [0.1, 0.15) is 90.2 Å². The van der Waals surface area contributed by atoms with Crippen molar-refractivity contribution in [2.45, 2.75) is 90.1 Å². The summed E-state index contributed by atoms with van der Waals surface area (Å²) >= 11 is 0. The monoisotopic (exact) mass is 450 g/mol. The lowest BCUT2D eigenvalue weighted by atomic mass is 9.49. The highest BCUT2D eigenvalue weighted by Gasteiger charge is 2.59. The van der Waals surface area contributed by atoms with Crippen molar-refractivity contribution >= 4 is 11.7 Å². The smallest absolute Gasteiger partial charge is 0.229 e. The van der Waals surface area contributed by atoms with Crippen LogP contribution in [-0.2, 0) is 4.79 Å². The fourth-order valence-corrected chi connectivity index (χ4v) is 8.79. The van der Waals surface area contributed by atoms with Gasteiger partial charge in [-0.1, -0.05) is 20.3 Å². The SMILES string of the molecule is CCC[C@@]1(O)CC[C@H]2[C@H](CC[C@@H]3[C@@H]2CC[C@]2(C)[C@@H](C(=O)Nc4cc(C#N)ncn4)CC[C@@H]32)C1. The summed E-state index contributed by atoms with van der Waals surface area (Å²) < 4.78 is 0. The number of aliphatic hydroxyl groups is 1. The van der Waals surface area contributed by atoms with Gasteiger partial charge in [0.1, 0.15) is 23.9 Å². The second kappa shape index (κ2) is 8.65. The number of hydrogen-bond donors (Lipinski definition) is 2. The Bertz CT molecular complexity index is 944. The normalized spacial score (nSPS) is 41.9. The van der Waals surface area contributed by atoms with Crippen LogP contribution in [-0.4, -0.2) is 26.6 Å². The summed E-state index contributed by atoms with van der Waals surface area (Å²) in [6, 6.07) is 3.56. The Labute approximate surface area is 197 Å². The number of carbonyl (C=O) groups is 1. The zero-order valence-electron chi connectivity index (χ0n) is 20.1. The van der Waals surface area contributed by atoms with Gasteiger partial charge in [0.05, 0.1) is 5.60 Å². The van der Waals surface area contributed by atoms with E-state index in [0.717, 1.165) is 62.7 Å². The van der Waals surface area contributed by atoms with Crippen LogP contribution in [0.15, 0.2) is 12.4 Å². The van der Waals surface area contributed by atoms with Crippen LogP contribution < -0.4 is 5.32 Å². The van der Waals surface area contributed by atoms with E-state index < -0.39 is 5.60 Å². The summed E-state index contributed by atoms with van der Waals surface area (Å²) in [6.07, 6.45) is 13.4. The van der Waals surface area contributed by atoms with Gasteiger partial charge >= 0.3 is 0 Å². The second-order valence-electron chi connectivity index (χ2n) is 11.7. The summed E-state index contributed by atoms with van der Waals surface area (Å²) in [4.78, 5) is 21.4. The number of nitrogens with one attached hydrogen (secondary N) is 1. The Morgan fingerprint density at radius 3 is 2.76 bits per heavy atom. The van der Waals surface area contributed by atoms with Crippen LogP contribution in [0.4, 0.5) is 5.82 Å². The molecule has 0 saturated heterocycles. The molecule has 0 aliphatic heterocycles. The van der Waals surface area contributed by atoms with Crippen LogP contribution in [0.5, 0.6) is 0 Å². The number of carbonyl (C=O) groups excluding carboxylic acids is 1. The first-order valence-corrected chi connectivity index (χ1v) is 13.1. The first kappa shape index (κ1) is 22.8. The first-order chi connectivity index (χ1) is 15.9. The first-order valence-electron chi connectivity index (χ1n) is 13.1. The van der Waals surface area contributed by atoms with Crippen molar-refractivity contribution in [1.82, 2.24) is 9.97 Å². The third-order valence-electron chi connectivity index (χ3n) is 10.2. The number of hydrogen-bond acceptors (Lipinski definition) is 5. The third kappa shape index (κ3) is 3.97. The predicted octanol–water partition coefficient (Wildman–Crippen LogP) is 5.09. The number of fused-ring (bicyclic) bond motifs is 5. The van der Waals surface area contributed by atoms with Crippen molar-refractivity contribution in [1.29, 1.82) is 5.26 Å². The maximum absolute atomic E-state index is 13.3. The maximum Gasteiger partial charge on any atom is 0.229 e. The molecule has 4 fully saturated rings. The van der Waals surface area contributed by atoms with Gasteiger partial charge in [-0.05, 0) is 99.2 Å². The molecule has 5 rings (SSSR count). The molecule has 1 aromatic heterocycles. The molecule has 4 aliphatic rings. The molecule has 0 unspecified atom stereocenters. The van der Waals surface area contributed by atoms with Crippen molar-refractivity contribution in [2.75, 3.05) is 5.32 Å². The molecule has 1 amide bonds. The molecule has 0 aromatic carbocycles. The van der Waals surface area contributed by atoms with Gasteiger partial charge in [-0.2, -0.15) is 5.26 Å². The van der Waals surface area contributed by atoms with E-state index in [9.17, 15) is 9.90 Å². The Morgan fingerprint density at radius 2 is 1.97 bits per heavy atom. The quantitative estimate of drug-likeness (QED) is 0.666. The van der Waals surface area contributed by atoms with Gasteiger partial charge < -0.3 is 10.4 Å². The number of nitrogens with zero attached hydrogens (tertiary/aromatic N) is 3. The summed E-state index contributed by atoms with van der Waals surface area (Å²) in [5, 5.41) is 23.1. The lowest BCUT2D eigenvalue weighted by Crippen LogP contribution is -2.51. The highest BCUT2D eigenvalue weighted by atomic mass is 16.3. The molecule has 33 heavy (non-hydrogen) atoms. The molecule has 6 heteroatoms. The minimum absolute atomic E-state index is 0.00248. The summed E-state index contributed by atoms with van der Waals surface area (Å²) in [6.45, 7) is 4.54. The fraction of sp³-hybridized carbons (Fsp3) is 0.778. The van der Waals surface area contributed by atoms with Crippen molar-refractivity contribution in [2.24, 2.45) is 40.9 Å². The summed E-state index contributed by atoms with van der Waals surface area (Å²) in [5.74, 6) is 4.05. The number of aromatic nitrogens is 2. The lowest BCUT2D eigenvalue weighted by molar-refractivity contribution is -0.130. The van der Waals surface area contributed by atoms with Gasteiger partial charge in [0.15, 0.2) is 0 Å². The molecular formula is C27H38N4O2. The minimum Gasteiger partial charge on any atom is -0.390 e. The van der Waals surface area contributed by atoms with E-state index in [1.165, 1.54) is 32.0 Å². The van der Waals surface area contributed by atoms with E-state index in [4.69, 9.17) is 5.26 Å². The molecule has 1 heterocycles. The largest absolute Gasteiger partial charge is 0.390 e. The lowest BCUT2D eigenvalue weighted by Gasteiger charge is -2.57. The maximum atomic E-state index is 13.3. The highest BCUT2D eigenvalue weighted by Crippen LogP contribution is 2.64. The number of rotatable bonds is 4. The minimum atomic E-state index is -0.422. The van der Waals surface area contributed by atoms with Crippen molar-refractivity contribution in [3.8, 4) is 6.07 Å². The van der Waals surface area contributed by atoms with E-state index in [1.807, 2.05) is 6.07 Å². The van der Waals surface area contributed by atoms with Crippen LogP contribution in [0.3, 0.4) is 0 Å². The zero-order chi connectivity index (χ0) is 23.2. The Hall–Kier alpha value is -2.00. The van der Waals surface area contributed by atoms with Gasteiger partial charge in [0.2, 0.25) is 5.91 Å². The summed E-state index contributed by atoms with van der Waals surface area (Å²) in [5.41, 5.74) is -0.109. The highest BCUT2D eigenvalue weighted by molar-refractivity contribution is 5.92. The molecule has 4 aliphatic carbocycles. The van der Waals surface area contributed by atoms with Crippen LogP contribution in [0.2, 0.25) is 0 Å². The van der Waals surface area contributed by atoms with Crippen molar-refractivity contribution < 1.29 is 9.90 Å². The third-order valence-corrected chi connectivity index (χ3v) is 10.2. The van der Waals surface area contributed by atoms with Crippen LogP contribution in [0.25, 0.3) is 0 Å². The van der Waals surface area contributed by atoms with Gasteiger partial charge in [0.25, 0.3) is 0 Å². The van der Waals surface area contributed by atoms with Gasteiger partial charge in [-0.15, -0.1) is 0 Å². The Kier molecular flexibility index (Phi) is 5.97. The second-order valence-corrected chi connectivity index (χ2v) is 11.7. The van der Waals surface area contributed by atoms with E-state index in [1.54, 1.807) is 6.07 Å². The van der Waals surface area contributed by atoms with Gasteiger partial charge in [-0.25, -0.2) is 9.97 Å². The Balaban J connectivity index is 1.28. The molecule has 4 saturated carbocycles. The fourth-order valence-electron chi connectivity index (χ4n) is 8.79. The van der Waals surface area contributed by atoms with Crippen molar-refractivity contribution in [3.63, 3.8) is 0 Å². The molecule has 1 aromatic rings. The molecular weight excluding hydrogens is 412 g/mol. The number of amides is 1. The van der Waals surface area contributed by atoms with E-state index in [-0.39, 0.29) is 22.9 Å². The van der Waals surface area contributed by atoms with Crippen LogP contribution in [0, 0.1) is 52.3 Å². The average molecular weight is 451 g/mol. The molecule has 0 bridgehead atoms. The molecule has 0 radical (unpaired) electrons. The van der Waals surface area contributed by atoms with E-state index >= 15 is 0 Å². The van der Waals surface area contributed by atoms with Crippen LogP contribution >= 0.6 is 0 Å². The molecule has 2 N–H and O–H groups in total. The number of anilines is 1. The van der Waals surface area contributed by atoms with Crippen molar-refractivity contribution in [3.05, 3.63) is 18.1 Å².